The van der Waals surface area contributed by atoms with Gasteiger partial charge in [0.05, 0.1) is 6.04 Å². The van der Waals surface area contributed by atoms with Gasteiger partial charge in [-0.25, -0.2) is 9.07 Å². The molecule has 4 nitrogen and oxygen atoms in total. The Kier molecular flexibility index (Phi) is 2.59. The molecule has 1 aromatic carbocycles. The summed E-state index contributed by atoms with van der Waals surface area (Å²) >= 11 is 4.94. The van der Waals surface area contributed by atoms with Crippen molar-refractivity contribution in [1.29, 1.82) is 0 Å². The van der Waals surface area contributed by atoms with Gasteiger partial charge in [0.15, 0.2) is 0 Å². The predicted octanol–water partition coefficient (Wildman–Crippen LogP) is 2.08. The fourth-order valence-electron chi connectivity index (χ4n) is 1.41. The van der Waals surface area contributed by atoms with Crippen molar-refractivity contribution in [1.82, 2.24) is 20.2 Å². The molecule has 0 saturated carbocycles. The molecule has 0 spiro atoms. The number of H-pyrrole nitrogens is 1. The lowest BCUT2D eigenvalue weighted by molar-refractivity contribution is 0.504. The number of nitrogens with one attached hydrogen (secondary N) is 1. The Balaban J connectivity index is 2.45. The number of nitrogens with zero attached hydrogens (tertiary/aromatic N) is 3. The summed E-state index contributed by atoms with van der Waals surface area (Å²) in [5.41, 5.74) is 0.555. The third kappa shape index (κ3) is 1.80. The van der Waals surface area contributed by atoms with Crippen molar-refractivity contribution in [3.8, 4) is 0 Å². The zero-order chi connectivity index (χ0) is 10.8. The summed E-state index contributed by atoms with van der Waals surface area (Å²) in [5.74, 6) is -0.262. The largest absolute Gasteiger partial charge is 0.238 e. The van der Waals surface area contributed by atoms with Crippen molar-refractivity contribution in [2.75, 3.05) is 0 Å². The zero-order valence-electron chi connectivity index (χ0n) is 8.01. The highest BCUT2D eigenvalue weighted by Gasteiger charge is 2.13. The molecule has 2 rings (SSSR count). The van der Waals surface area contributed by atoms with Gasteiger partial charge in [-0.1, -0.05) is 28.5 Å². The summed E-state index contributed by atoms with van der Waals surface area (Å²) in [6.45, 7) is 1.83. The van der Waals surface area contributed by atoms with Gasteiger partial charge in [-0.3, -0.25) is 0 Å². The number of benzene rings is 1. The van der Waals surface area contributed by atoms with E-state index in [0.29, 0.717) is 10.3 Å². The monoisotopic (exact) mass is 224 g/mol. The molecular formula is C9H9FN4S. The molecule has 1 atom stereocenters. The van der Waals surface area contributed by atoms with E-state index in [1.165, 1.54) is 10.7 Å². The molecule has 0 saturated heterocycles. The molecule has 0 radical (unpaired) electrons. The van der Waals surface area contributed by atoms with Gasteiger partial charge in [-0.2, -0.15) is 5.21 Å². The van der Waals surface area contributed by atoms with Gasteiger partial charge in [-0.15, -0.1) is 0 Å². The van der Waals surface area contributed by atoms with Crippen LogP contribution >= 0.6 is 12.2 Å². The summed E-state index contributed by atoms with van der Waals surface area (Å²) in [4.78, 5) is 0. The van der Waals surface area contributed by atoms with Gasteiger partial charge in [0.25, 0.3) is 0 Å². The topological polar surface area (TPSA) is 46.5 Å². The summed E-state index contributed by atoms with van der Waals surface area (Å²) < 4.78 is 15.3. The molecule has 0 aliphatic carbocycles. The van der Waals surface area contributed by atoms with E-state index in [-0.39, 0.29) is 11.9 Å². The number of halogens is 1. The van der Waals surface area contributed by atoms with E-state index in [9.17, 15) is 4.39 Å². The number of aromatic nitrogens is 4. The van der Waals surface area contributed by atoms with Crippen molar-refractivity contribution >= 4 is 12.2 Å². The van der Waals surface area contributed by atoms with E-state index < -0.39 is 0 Å². The lowest BCUT2D eigenvalue weighted by Crippen LogP contribution is -2.10. The molecule has 1 aromatic heterocycles. The molecule has 1 unspecified atom stereocenters. The molecule has 0 aliphatic rings. The molecular weight excluding hydrogens is 215 g/mol. The maximum absolute atomic E-state index is 13.5. The molecule has 1 heterocycles. The van der Waals surface area contributed by atoms with Crippen LogP contribution in [0.2, 0.25) is 0 Å². The smallest absolute Gasteiger partial charge is 0.235 e. The SMILES string of the molecule is CC(c1ccccc1F)n1[nH]nnc1=S. The number of tetrazole rings is 1. The van der Waals surface area contributed by atoms with Gasteiger partial charge in [0.2, 0.25) is 4.77 Å². The standard InChI is InChI=1S/C9H9FN4S/c1-6(14-9(15)11-12-13-14)7-4-2-3-5-8(7)10/h2-6H,1H3,(H,11,13,15). The second kappa shape index (κ2) is 3.90. The Morgan fingerprint density at radius 1 is 1.47 bits per heavy atom. The molecule has 0 aliphatic heterocycles. The zero-order valence-corrected chi connectivity index (χ0v) is 8.83. The van der Waals surface area contributed by atoms with Crippen molar-refractivity contribution in [3.05, 3.63) is 40.4 Å². The summed E-state index contributed by atoms with van der Waals surface area (Å²) in [6, 6.07) is 6.31. The summed E-state index contributed by atoms with van der Waals surface area (Å²) in [6.07, 6.45) is 0. The first-order chi connectivity index (χ1) is 7.20. The van der Waals surface area contributed by atoms with E-state index in [1.54, 1.807) is 18.2 Å². The van der Waals surface area contributed by atoms with Crippen LogP contribution in [0.1, 0.15) is 18.5 Å². The maximum atomic E-state index is 13.5. The molecule has 0 amide bonds. The Morgan fingerprint density at radius 3 is 2.80 bits per heavy atom. The average Bonchev–Trinajstić information content (AvgIpc) is 2.64. The lowest BCUT2D eigenvalue weighted by atomic mass is 10.1. The maximum Gasteiger partial charge on any atom is 0.238 e. The lowest BCUT2D eigenvalue weighted by Gasteiger charge is -2.12. The van der Waals surface area contributed by atoms with Crippen LogP contribution in [0.4, 0.5) is 4.39 Å². The second-order valence-electron chi connectivity index (χ2n) is 3.15. The van der Waals surface area contributed by atoms with Crippen molar-refractivity contribution in [2.24, 2.45) is 0 Å². The van der Waals surface area contributed by atoms with Gasteiger partial charge in [0.1, 0.15) is 5.82 Å². The minimum Gasteiger partial charge on any atom is -0.235 e. The van der Waals surface area contributed by atoms with Crippen LogP contribution in [0.15, 0.2) is 24.3 Å². The highest BCUT2D eigenvalue weighted by atomic mass is 32.1. The second-order valence-corrected chi connectivity index (χ2v) is 3.52. The van der Waals surface area contributed by atoms with E-state index in [4.69, 9.17) is 12.2 Å². The fourth-order valence-corrected chi connectivity index (χ4v) is 1.65. The normalized spacial score (nSPS) is 12.7. The minimum absolute atomic E-state index is 0.242. The van der Waals surface area contributed by atoms with Crippen molar-refractivity contribution in [2.45, 2.75) is 13.0 Å². The first-order valence-corrected chi connectivity index (χ1v) is 4.85. The molecule has 0 bridgehead atoms. The molecule has 15 heavy (non-hydrogen) atoms. The highest BCUT2D eigenvalue weighted by Crippen LogP contribution is 2.19. The quantitative estimate of drug-likeness (QED) is 0.794. The first-order valence-electron chi connectivity index (χ1n) is 4.44. The van der Waals surface area contributed by atoms with Crippen LogP contribution in [-0.2, 0) is 0 Å². The van der Waals surface area contributed by atoms with Crippen LogP contribution < -0.4 is 0 Å². The first kappa shape index (κ1) is 9.97. The van der Waals surface area contributed by atoms with Gasteiger partial charge in [0, 0.05) is 5.56 Å². The molecule has 6 heteroatoms. The number of aromatic amines is 1. The van der Waals surface area contributed by atoms with Crippen LogP contribution in [0.25, 0.3) is 0 Å². The van der Waals surface area contributed by atoms with Crippen molar-refractivity contribution in [3.63, 3.8) is 0 Å². The predicted molar refractivity (Wildman–Crippen MR) is 55.4 cm³/mol. The van der Waals surface area contributed by atoms with Crippen molar-refractivity contribution < 1.29 is 4.39 Å². The van der Waals surface area contributed by atoms with Crippen LogP contribution in [0, 0.1) is 10.6 Å². The molecule has 2 aromatic rings. The van der Waals surface area contributed by atoms with Crippen LogP contribution in [0.3, 0.4) is 0 Å². The summed E-state index contributed by atoms with van der Waals surface area (Å²) in [5, 5.41) is 9.82. The number of rotatable bonds is 2. The Labute approximate surface area is 90.7 Å². The van der Waals surface area contributed by atoms with Gasteiger partial charge >= 0.3 is 0 Å². The molecule has 0 fully saturated rings. The minimum atomic E-state index is -0.262. The Morgan fingerprint density at radius 2 is 2.20 bits per heavy atom. The van der Waals surface area contributed by atoms with Crippen LogP contribution in [0.5, 0.6) is 0 Å². The van der Waals surface area contributed by atoms with E-state index in [1.807, 2.05) is 6.92 Å². The van der Waals surface area contributed by atoms with E-state index in [2.05, 4.69) is 15.5 Å². The van der Waals surface area contributed by atoms with Gasteiger partial charge in [-0.05, 0) is 25.2 Å². The van der Waals surface area contributed by atoms with Crippen LogP contribution in [-0.4, -0.2) is 20.2 Å². The van der Waals surface area contributed by atoms with Gasteiger partial charge < -0.3 is 0 Å². The van der Waals surface area contributed by atoms with E-state index in [0.717, 1.165) is 0 Å². The number of hydrogen-bond donors (Lipinski definition) is 1. The fraction of sp³-hybridized carbons (Fsp3) is 0.222. The third-order valence-electron chi connectivity index (χ3n) is 2.24. The average molecular weight is 224 g/mol. The molecule has 1 N–H and O–H groups in total. The number of hydrogen-bond acceptors (Lipinski definition) is 3. The highest BCUT2D eigenvalue weighted by molar-refractivity contribution is 7.71. The Hall–Kier alpha value is -1.56. The summed E-state index contributed by atoms with van der Waals surface area (Å²) in [7, 11) is 0. The molecule has 78 valence electrons. The van der Waals surface area contributed by atoms with E-state index >= 15 is 0 Å². The third-order valence-corrected chi connectivity index (χ3v) is 2.52. The Bertz CT molecular complexity index is 519.